The van der Waals surface area contributed by atoms with Crippen LogP contribution in [0.25, 0.3) is 0 Å². The Hall–Kier alpha value is -1.82. The van der Waals surface area contributed by atoms with E-state index in [1.165, 1.54) is 0 Å². The predicted molar refractivity (Wildman–Crippen MR) is 63.2 cm³/mol. The smallest absolute Gasteiger partial charge is 0.352 e. The topological polar surface area (TPSA) is 108 Å². The Morgan fingerprint density at radius 1 is 1.41 bits per heavy atom. The van der Waals surface area contributed by atoms with Gasteiger partial charge in [-0.05, 0) is 32.4 Å². The predicted octanol–water partition coefficient (Wildman–Crippen LogP) is 0.408. The van der Waals surface area contributed by atoms with Gasteiger partial charge in [-0.25, -0.2) is 4.79 Å². The molecule has 0 atom stereocenters. The highest BCUT2D eigenvalue weighted by atomic mass is 16.4. The van der Waals surface area contributed by atoms with E-state index in [9.17, 15) is 9.59 Å². The number of nitrogens with two attached hydrogens (primary N) is 1. The van der Waals surface area contributed by atoms with Crippen LogP contribution < -0.4 is 11.1 Å². The van der Waals surface area contributed by atoms with E-state index >= 15 is 0 Å². The van der Waals surface area contributed by atoms with Crippen LogP contribution in [0.5, 0.6) is 0 Å². The zero-order chi connectivity index (χ0) is 13.0. The molecule has 0 aliphatic rings. The van der Waals surface area contributed by atoms with Gasteiger partial charge in [0.25, 0.3) is 5.91 Å². The SMILES string of the molecule is Cc1[nH]c(C(=O)O)c(C)c1C(=O)NCCCN. The largest absolute Gasteiger partial charge is 0.477 e. The molecule has 1 aromatic heterocycles. The van der Waals surface area contributed by atoms with E-state index < -0.39 is 5.97 Å². The zero-order valence-corrected chi connectivity index (χ0v) is 9.96. The van der Waals surface area contributed by atoms with Crippen LogP contribution in [0.3, 0.4) is 0 Å². The number of carbonyl (C=O) groups excluding carboxylic acids is 1. The Labute approximate surface area is 99.2 Å². The molecular formula is C11H17N3O3. The molecule has 1 amide bonds. The van der Waals surface area contributed by atoms with Crippen LogP contribution in [0.4, 0.5) is 0 Å². The highest BCUT2D eigenvalue weighted by Gasteiger charge is 2.20. The molecule has 0 saturated heterocycles. The molecule has 17 heavy (non-hydrogen) atoms. The lowest BCUT2D eigenvalue weighted by Crippen LogP contribution is -2.26. The number of H-pyrrole nitrogens is 1. The number of aromatic carboxylic acids is 1. The van der Waals surface area contributed by atoms with Gasteiger partial charge in [-0.1, -0.05) is 0 Å². The Balaban J connectivity index is 2.90. The monoisotopic (exact) mass is 239 g/mol. The second kappa shape index (κ2) is 5.49. The number of amides is 1. The quantitative estimate of drug-likeness (QED) is 0.558. The summed E-state index contributed by atoms with van der Waals surface area (Å²) in [5.41, 5.74) is 6.80. The van der Waals surface area contributed by atoms with E-state index in [4.69, 9.17) is 10.8 Å². The van der Waals surface area contributed by atoms with Crippen molar-refractivity contribution in [3.8, 4) is 0 Å². The second-order valence-electron chi connectivity index (χ2n) is 3.83. The fourth-order valence-corrected chi connectivity index (χ4v) is 1.70. The van der Waals surface area contributed by atoms with Gasteiger partial charge in [-0.2, -0.15) is 0 Å². The van der Waals surface area contributed by atoms with Gasteiger partial charge in [0.1, 0.15) is 5.69 Å². The van der Waals surface area contributed by atoms with Crippen LogP contribution in [0.2, 0.25) is 0 Å². The van der Waals surface area contributed by atoms with Crippen molar-refractivity contribution in [2.75, 3.05) is 13.1 Å². The molecule has 0 aliphatic carbocycles. The maximum absolute atomic E-state index is 11.8. The van der Waals surface area contributed by atoms with Gasteiger partial charge in [0, 0.05) is 12.2 Å². The molecule has 6 nitrogen and oxygen atoms in total. The number of carboxylic acids is 1. The maximum Gasteiger partial charge on any atom is 0.352 e. The minimum atomic E-state index is -1.06. The van der Waals surface area contributed by atoms with Crippen LogP contribution in [0.1, 0.15) is 38.5 Å². The number of aryl methyl sites for hydroxylation is 1. The van der Waals surface area contributed by atoms with E-state index in [-0.39, 0.29) is 11.6 Å². The number of rotatable bonds is 5. The number of carbonyl (C=O) groups is 2. The van der Waals surface area contributed by atoms with Gasteiger partial charge in [0.2, 0.25) is 0 Å². The third-order valence-corrected chi connectivity index (χ3v) is 2.54. The summed E-state index contributed by atoms with van der Waals surface area (Å²) in [6.07, 6.45) is 0.694. The first-order valence-corrected chi connectivity index (χ1v) is 5.39. The van der Waals surface area contributed by atoms with Gasteiger partial charge in [-0.3, -0.25) is 4.79 Å². The third kappa shape index (κ3) is 2.85. The molecule has 0 unspecified atom stereocenters. The molecule has 1 heterocycles. The molecule has 1 aromatic rings. The molecular weight excluding hydrogens is 222 g/mol. The maximum atomic E-state index is 11.8. The Morgan fingerprint density at radius 3 is 2.53 bits per heavy atom. The highest BCUT2D eigenvalue weighted by molar-refractivity contribution is 6.00. The van der Waals surface area contributed by atoms with Crippen molar-refractivity contribution in [1.82, 2.24) is 10.3 Å². The summed E-state index contributed by atoms with van der Waals surface area (Å²) >= 11 is 0. The van der Waals surface area contributed by atoms with Gasteiger partial charge in [0.15, 0.2) is 0 Å². The van der Waals surface area contributed by atoms with Crippen molar-refractivity contribution in [3.63, 3.8) is 0 Å². The molecule has 0 spiro atoms. The first-order chi connectivity index (χ1) is 7.99. The molecule has 0 bridgehead atoms. The first-order valence-electron chi connectivity index (χ1n) is 5.39. The summed E-state index contributed by atoms with van der Waals surface area (Å²) < 4.78 is 0. The number of aromatic nitrogens is 1. The first kappa shape index (κ1) is 13.2. The van der Waals surface area contributed by atoms with E-state index in [1.54, 1.807) is 13.8 Å². The van der Waals surface area contributed by atoms with E-state index in [1.807, 2.05) is 0 Å². The zero-order valence-electron chi connectivity index (χ0n) is 9.96. The molecule has 0 fully saturated rings. The Morgan fingerprint density at radius 2 is 2.06 bits per heavy atom. The summed E-state index contributed by atoms with van der Waals surface area (Å²) in [7, 11) is 0. The second-order valence-corrected chi connectivity index (χ2v) is 3.83. The fraction of sp³-hybridized carbons (Fsp3) is 0.455. The highest BCUT2D eigenvalue weighted by Crippen LogP contribution is 2.17. The summed E-state index contributed by atoms with van der Waals surface area (Å²) in [5.74, 6) is -1.33. The molecule has 6 heteroatoms. The fourth-order valence-electron chi connectivity index (χ4n) is 1.70. The lowest BCUT2D eigenvalue weighted by Gasteiger charge is -2.04. The molecule has 5 N–H and O–H groups in total. The van der Waals surface area contributed by atoms with Gasteiger partial charge < -0.3 is 21.1 Å². The summed E-state index contributed by atoms with van der Waals surface area (Å²) in [4.78, 5) is 25.4. The minimum Gasteiger partial charge on any atom is -0.477 e. The summed E-state index contributed by atoms with van der Waals surface area (Å²) in [5, 5.41) is 11.6. The number of carboxylic acid groups (broad SMARTS) is 1. The number of hydrogen-bond acceptors (Lipinski definition) is 3. The van der Waals surface area contributed by atoms with Crippen molar-refractivity contribution in [1.29, 1.82) is 0 Å². The van der Waals surface area contributed by atoms with Crippen LogP contribution in [0, 0.1) is 13.8 Å². The van der Waals surface area contributed by atoms with E-state index in [0.29, 0.717) is 36.3 Å². The molecule has 94 valence electrons. The molecule has 0 saturated carbocycles. The Bertz CT molecular complexity index is 437. The lowest BCUT2D eigenvalue weighted by molar-refractivity contribution is 0.0690. The average molecular weight is 239 g/mol. The van der Waals surface area contributed by atoms with Crippen molar-refractivity contribution >= 4 is 11.9 Å². The number of hydrogen-bond donors (Lipinski definition) is 4. The van der Waals surface area contributed by atoms with Gasteiger partial charge in [0.05, 0.1) is 5.56 Å². The van der Waals surface area contributed by atoms with Crippen LogP contribution in [-0.2, 0) is 0 Å². The van der Waals surface area contributed by atoms with E-state index in [0.717, 1.165) is 0 Å². The van der Waals surface area contributed by atoms with Crippen molar-refractivity contribution in [2.45, 2.75) is 20.3 Å². The number of aromatic amines is 1. The lowest BCUT2D eigenvalue weighted by atomic mass is 10.1. The standard InChI is InChI=1S/C11H17N3O3/c1-6-8(10(15)13-5-3-4-12)7(2)14-9(6)11(16)17/h14H,3-5,12H2,1-2H3,(H,13,15)(H,16,17). The normalized spacial score (nSPS) is 10.3. The molecule has 0 aliphatic heterocycles. The van der Waals surface area contributed by atoms with Crippen LogP contribution in [-0.4, -0.2) is 35.1 Å². The van der Waals surface area contributed by atoms with Crippen molar-refractivity contribution in [2.24, 2.45) is 5.73 Å². The summed E-state index contributed by atoms with van der Waals surface area (Å²) in [6.45, 7) is 4.29. The number of nitrogens with one attached hydrogen (secondary N) is 2. The van der Waals surface area contributed by atoms with Crippen molar-refractivity contribution in [3.05, 3.63) is 22.5 Å². The molecule has 1 rings (SSSR count). The van der Waals surface area contributed by atoms with Crippen molar-refractivity contribution < 1.29 is 14.7 Å². The minimum absolute atomic E-state index is 0.0616. The van der Waals surface area contributed by atoms with Crippen LogP contribution in [0.15, 0.2) is 0 Å². The molecule has 0 aromatic carbocycles. The van der Waals surface area contributed by atoms with Gasteiger partial charge >= 0.3 is 5.97 Å². The Kier molecular flexibility index (Phi) is 4.28. The molecule has 0 radical (unpaired) electrons. The third-order valence-electron chi connectivity index (χ3n) is 2.54. The van der Waals surface area contributed by atoms with E-state index in [2.05, 4.69) is 10.3 Å². The van der Waals surface area contributed by atoms with Crippen LogP contribution >= 0.6 is 0 Å². The average Bonchev–Trinajstić information content (AvgIpc) is 2.54. The summed E-state index contributed by atoms with van der Waals surface area (Å²) in [6, 6.07) is 0. The van der Waals surface area contributed by atoms with Gasteiger partial charge in [-0.15, -0.1) is 0 Å².